The summed E-state index contributed by atoms with van der Waals surface area (Å²) in [5.41, 5.74) is 3.89. The van der Waals surface area contributed by atoms with Gasteiger partial charge in [0.15, 0.2) is 5.76 Å². The second kappa shape index (κ2) is 7.93. The van der Waals surface area contributed by atoms with Crippen LogP contribution in [0.1, 0.15) is 16.7 Å². The Kier molecular flexibility index (Phi) is 5.21. The van der Waals surface area contributed by atoms with Crippen LogP contribution < -0.4 is 0 Å². The topological polar surface area (TPSA) is 21.6 Å². The number of rotatable bonds is 5. The number of hydrogen-bond donors (Lipinski definition) is 0. The van der Waals surface area contributed by atoms with E-state index in [1.54, 1.807) is 7.11 Å². The van der Waals surface area contributed by atoms with Gasteiger partial charge < -0.3 is 4.74 Å². The van der Waals surface area contributed by atoms with E-state index in [1.807, 2.05) is 97.2 Å². The fraction of sp³-hybridized carbons (Fsp3) is 0.0455. The highest BCUT2D eigenvalue weighted by Gasteiger charge is 2.11. The zero-order valence-corrected chi connectivity index (χ0v) is 13.6. The van der Waals surface area contributed by atoms with E-state index in [0.717, 1.165) is 28.1 Å². The molecule has 0 aliphatic rings. The van der Waals surface area contributed by atoms with Crippen LogP contribution >= 0.6 is 0 Å². The van der Waals surface area contributed by atoms with E-state index < -0.39 is 0 Å². The summed E-state index contributed by atoms with van der Waals surface area (Å²) in [4.78, 5) is 4.74. The van der Waals surface area contributed by atoms with Crippen molar-refractivity contribution < 1.29 is 4.74 Å². The monoisotopic (exact) mass is 313 g/mol. The van der Waals surface area contributed by atoms with Gasteiger partial charge in [-0.2, -0.15) is 0 Å². The average molecular weight is 313 g/mol. The van der Waals surface area contributed by atoms with Crippen molar-refractivity contribution in [2.45, 2.75) is 0 Å². The van der Waals surface area contributed by atoms with Gasteiger partial charge in [0.25, 0.3) is 0 Å². The highest BCUT2D eigenvalue weighted by atomic mass is 16.5. The van der Waals surface area contributed by atoms with E-state index in [9.17, 15) is 0 Å². The molecule has 3 rings (SSSR count). The Labute approximate surface area is 142 Å². The van der Waals surface area contributed by atoms with Gasteiger partial charge in [-0.1, -0.05) is 91.0 Å². The molecule has 0 spiro atoms. The van der Waals surface area contributed by atoms with Crippen molar-refractivity contribution in [1.29, 1.82) is 0 Å². The molecule has 0 fully saturated rings. The second-order valence-corrected chi connectivity index (χ2v) is 5.28. The lowest BCUT2D eigenvalue weighted by atomic mass is 10.1. The molecule has 0 amide bonds. The Bertz CT molecular complexity index is 822. The van der Waals surface area contributed by atoms with Crippen molar-refractivity contribution in [1.82, 2.24) is 0 Å². The Morgan fingerprint density at radius 2 is 1.21 bits per heavy atom. The van der Waals surface area contributed by atoms with Gasteiger partial charge >= 0.3 is 0 Å². The molecule has 0 unspecified atom stereocenters. The van der Waals surface area contributed by atoms with E-state index in [-0.39, 0.29) is 0 Å². The van der Waals surface area contributed by atoms with Gasteiger partial charge in [0.05, 0.1) is 7.11 Å². The van der Waals surface area contributed by atoms with Gasteiger partial charge in [-0.05, 0) is 5.56 Å². The molecule has 118 valence electrons. The van der Waals surface area contributed by atoms with E-state index in [2.05, 4.69) is 0 Å². The lowest BCUT2D eigenvalue weighted by Gasteiger charge is -2.12. The molecule has 0 N–H and O–H groups in total. The number of benzene rings is 3. The summed E-state index contributed by atoms with van der Waals surface area (Å²) in [5, 5.41) is 0. The molecular weight excluding hydrogens is 294 g/mol. The second-order valence-electron chi connectivity index (χ2n) is 5.28. The molecule has 3 aromatic rings. The third-order valence-electron chi connectivity index (χ3n) is 3.64. The number of aliphatic imine (C=N–C) groups is 1. The van der Waals surface area contributed by atoms with E-state index in [1.165, 1.54) is 0 Å². The maximum absolute atomic E-state index is 5.71. The van der Waals surface area contributed by atoms with Crippen LogP contribution in [0.25, 0.3) is 11.5 Å². The normalized spacial score (nSPS) is 12.0. The minimum absolute atomic E-state index is 0.758. The SMILES string of the molecule is COC(=C(N=Cc1ccccc1)c1ccccc1)c1ccccc1. The maximum atomic E-state index is 5.71. The van der Waals surface area contributed by atoms with Crippen LogP contribution in [0.4, 0.5) is 0 Å². The number of methoxy groups -OCH3 is 1. The van der Waals surface area contributed by atoms with E-state index in [0.29, 0.717) is 0 Å². The van der Waals surface area contributed by atoms with Crippen molar-refractivity contribution in [2.24, 2.45) is 4.99 Å². The Morgan fingerprint density at radius 3 is 1.75 bits per heavy atom. The summed E-state index contributed by atoms with van der Waals surface area (Å²) in [6.07, 6.45) is 1.87. The molecular formula is C22H19NO. The summed E-state index contributed by atoms with van der Waals surface area (Å²) in [5.74, 6) is 0.758. The first kappa shape index (κ1) is 15.8. The average Bonchev–Trinajstić information content (AvgIpc) is 2.67. The first-order valence-corrected chi connectivity index (χ1v) is 7.86. The molecule has 2 nitrogen and oxygen atoms in total. The van der Waals surface area contributed by atoms with Crippen molar-refractivity contribution >= 4 is 17.7 Å². The largest absolute Gasteiger partial charge is 0.494 e. The summed E-state index contributed by atoms with van der Waals surface area (Å²) in [6, 6.07) is 30.2. The van der Waals surface area contributed by atoms with Crippen molar-refractivity contribution in [2.75, 3.05) is 7.11 Å². The molecule has 24 heavy (non-hydrogen) atoms. The summed E-state index contributed by atoms with van der Waals surface area (Å²) in [7, 11) is 1.68. The molecule has 0 bridgehead atoms. The Hall–Kier alpha value is -3.13. The maximum Gasteiger partial charge on any atom is 0.152 e. The van der Waals surface area contributed by atoms with Crippen molar-refractivity contribution in [3.8, 4) is 0 Å². The molecule has 0 aliphatic carbocycles. The lowest BCUT2D eigenvalue weighted by Crippen LogP contribution is -1.94. The fourth-order valence-electron chi connectivity index (χ4n) is 2.48. The van der Waals surface area contributed by atoms with Gasteiger partial charge in [-0.3, -0.25) is 4.99 Å². The molecule has 0 saturated carbocycles. The van der Waals surface area contributed by atoms with Crippen LogP contribution in [0, 0.1) is 0 Å². The highest BCUT2D eigenvalue weighted by Crippen LogP contribution is 2.28. The van der Waals surface area contributed by atoms with Gasteiger partial charge in [0.2, 0.25) is 0 Å². The Balaban J connectivity index is 2.11. The first-order valence-electron chi connectivity index (χ1n) is 7.86. The molecule has 0 aromatic heterocycles. The molecule has 0 heterocycles. The minimum atomic E-state index is 0.758. The molecule has 0 atom stereocenters. The van der Waals surface area contributed by atoms with Gasteiger partial charge in [-0.25, -0.2) is 0 Å². The molecule has 3 aromatic carbocycles. The summed E-state index contributed by atoms with van der Waals surface area (Å²) >= 11 is 0. The van der Waals surface area contributed by atoms with Gasteiger partial charge in [0.1, 0.15) is 5.70 Å². The van der Waals surface area contributed by atoms with Crippen molar-refractivity contribution in [3.63, 3.8) is 0 Å². The summed E-state index contributed by atoms with van der Waals surface area (Å²) < 4.78 is 5.71. The number of nitrogens with zero attached hydrogens (tertiary/aromatic N) is 1. The van der Waals surface area contributed by atoms with Gasteiger partial charge in [-0.15, -0.1) is 0 Å². The van der Waals surface area contributed by atoms with Crippen LogP contribution in [-0.2, 0) is 4.74 Å². The predicted octanol–water partition coefficient (Wildman–Crippen LogP) is 5.28. The minimum Gasteiger partial charge on any atom is -0.494 e. The predicted molar refractivity (Wildman–Crippen MR) is 101 cm³/mol. The fourth-order valence-corrected chi connectivity index (χ4v) is 2.48. The van der Waals surface area contributed by atoms with E-state index in [4.69, 9.17) is 9.73 Å². The molecule has 2 heteroatoms. The number of hydrogen-bond acceptors (Lipinski definition) is 2. The third kappa shape index (κ3) is 3.79. The zero-order chi connectivity index (χ0) is 16.6. The van der Waals surface area contributed by atoms with Crippen LogP contribution in [0.15, 0.2) is 96.0 Å². The van der Waals surface area contributed by atoms with Crippen molar-refractivity contribution in [3.05, 3.63) is 108 Å². The highest BCUT2D eigenvalue weighted by molar-refractivity contribution is 5.93. The molecule has 0 saturated heterocycles. The first-order chi connectivity index (χ1) is 11.9. The zero-order valence-electron chi connectivity index (χ0n) is 13.6. The van der Waals surface area contributed by atoms with Crippen LogP contribution in [-0.4, -0.2) is 13.3 Å². The number of ether oxygens (including phenoxy) is 1. The van der Waals surface area contributed by atoms with Crippen LogP contribution in [0.3, 0.4) is 0 Å². The van der Waals surface area contributed by atoms with E-state index >= 15 is 0 Å². The molecule has 0 radical (unpaired) electrons. The van der Waals surface area contributed by atoms with Gasteiger partial charge in [0, 0.05) is 17.3 Å². The van der Waals surface area contributed by atoms with Crippen LogP contribution in [0.2, 0.25) is 0 Å². The molecule has 0 aliphatic heterocycles. The smallest absolute Gasteiger partial charge is 0.152 e. The Morgan fingerprint density at radius 1 is 0.708 bits per heavy atom. The standard InChI is InChI=1S/C22H19NO/c1-24-22(20-15-9-4-10-16-20)21(19-13-7-3-8-14-19)23-17-18-11-5-2-6-12-18/h2-17H,1H3. The third-order valence-corrected chi connectivity index (χ3v) is 3.64. The van der Waals surface area contributed by atoms with Crippen LogP contribution in [0.5, 0.6) is 0 Å². The lowest BCUT2D eigenvalue weighted by molar-refractivity contribution is 0.371. The summed E-state index contributed by atoms with van der Waals surface area (Å²) in [6.45, 7) is 0. The quantitative estimate of drug-likeness (QED) is 0.357.